The average Bonchev–Trinajstić information content (AvgIpc) is 1.73. The van der Waals surface area contributed by atoms with Crippen molar-refractivity contribution in [3.63, 3.8) is 0 Å². The number of hydrogen-bond acceptors (Lipinski definition) is 26. The number of ketones is 2. The van der Waals surface area contributed by atoms with Crippen LogP contribution in [0.2, 0.25) is 0 Å². The molecule has 0 spiro atoms. The zero-order valence-electron chi connectivity index (χ0n) is 50.2. The highest BCUT2D eigenvalue weighted by Crippen LogP contribution is 2.23. The molecule has 11 aromatic heterocycles. The molecule has 0 saturated heterocycles. The van der Waals surface area contributed by atoms with Crippen LogP contribution < -0.4 is 11.3 Å². The van der Waals surface area contributed by atoms with Gasteiger partial charge < -0.3 is 32.7 Å². The first-order valence-corrected chi connectivity index (χ1v) is 27.2. The number of halogens is 5. The van der Waals surface area contributed by atoms with E-state index in [0.29, 0.717) is 45.6 Å². The van der Waals surface area contributed by atoms with Crippen LogP contribution in [0, 0.1) is 23.3 Å². The van der Waals surface area contributed by atoms with Crippen molar-refractivity contribution in [2.75, 3.05) is 27.4 Å². The Bertz CT molecular complexity index is 4240. The van der Waals surface area contributed by atoms with Crippen molar-refractivity contribution in [2.24, 2.45) is 5.84 Å². The number of esters is 2. The predicted molar refractivity (Wildman–Crippen MR) is 319 cm³/mol. The van der Waals surface area contributed by atoms with Crippen LogP contribution in [0.4, 0.5) is 17.6 Å². The lowest BCUT2D eigenvalue weighted by Crippen LogP contribution is -2.25. The minimum atomic E-state index is -1.18. The van der Waals surface area contributed by atoms with Gasteiger partial charge in [0.05, 0.1) is 80.7 Å². The number of ether oxygens (including phenoxy) is 2. The average molecular weight is 1320 g/mol. The van der Waals surface area contributed by atoms with Crippen LogP contribution in [0.25, 0.3) is 34.2 Å². The van der Waals surface area contributed by atoms with E-state index in [9.17, 15) is 41.5 Å². The lowest BCUT2D eigenvalue weighted by atomic mass is 10.2. The lowest BCUT2D eigenvalue weighted by Gasteiger charge is -2.17. The highest BCUT2D eigenvalue weighted by molar-refractivity contribution is 6.07. The van der Waals surface area contributed by atoms with E-state index in [4.69, 9.17) is 38.8 Å². The topological polar surface area (TPSA) is 384 Å². The summed E-state index contributed by atoms with van der Waals surface area (Å²) in [4.78, 5) is 78.5. The first-order chi connectivity index (χ1) is 44.9. The maximum atomic E-state index is 13.8. The Hall–Kier alpha value is -11.8. The molecule has 30 nitrogen and oxygen atoms in total. The number of nitrogens with zero attached hydrogens (tertiary/aromatic N) is 15. The molecule has 0 saturated carbocycles. The number of Topliss-reactive ketones (excluding diaryl/α,β-unsaturated/α-hetero) is 1. The Morgan fingerprint density at radius 1 is 0.585 bits per heavy atom. The summed E-state index contributed by atoms with van der Waals surface area (Å²) >= 11 is 0. The summed E-state index contributed by atoms with van der Waals surface area (Å²) in [6, 6.07) is 22.0. The number of hydroxylamine groups is 2. The number of allylic oxidation sites excluding steroid dienone is 1. The fraction of sp³-hybridized carbons (Fsp3) is 0.186. The van der Waals surface area contributed by atoms with Gasteiger partial charge in [-0.1, -0.05) is 20.6 Å². The zero-order chi connectivity index (χ0) is 66.8. The molecule has 11 rings (SSSR count). The second-order valence-corrected chi connectivity index (χ2v) is 18.2. The third-order valence-corrected chi connectivity index (χ3v) is 12.1. The molecule has 0 unspecified atom stereocenters. The number of aromatic nitrogens is 14. The van der Waals surface area contributed by atoms with Crippen LogP contribution in [0.15, 0.2) is 171 Å². The van der Waals surface area contributed by atoms with Crippen molar-refractivity contribution in [3.8, 4) is 34.2 Å². The van der Waals surface area contributed by atoms with Gasteiger partial charge in [-0.25, -0.2) is 31.9 Å². The van der Waals surface area contributed by atoms with E-state index < -0.39 is 41.1 Å². The molecule has 0 aliphatic carbocycles. The van der Waals surface area contributed by atoms with Gasteiger partial charge in [-0.3, -0.25) is 64.7 Å². The molecule has 0 amide bonds. The smallest absolute Gasteiger partial charge is 0.358 e. The Morgan fingerprint density at radius 2 is 1.03 bits per heavy atom. The number of carboxylic acids is 1. The number of hydrogen-bond donors (Lipinski definition) is 3. The number of pyridine rings is 4. The first kappa shape index (κ1) is 71.3. The van der Waals surface area contributed by atoms with Crippen molar-refractivity contribution in [1.82, 2.24) is 80.4 Å². The van der Waals surface area contributed by atoms with E-state index in [1.165, 1.54) is 152 Å². The van der Waals surface area contributed by atoms with Gasteiger partial charge in [0, 0.05) is 81.2 Å². The molecule has 0 fully saturated rings. The van der Waals surface area contributed by atoms with E-state index in [2.05, 4.69) is 65.8 Å². The van der Waals surface area contributed by atoms with Crippen LogP contribution in [0.5, 0.6) is 0 Å². The fourth-order valence-corrected chi connectivity index (χ4v) is 7.67. The van der Waals surface area contributed by atoms with Crippen LogP contribution in [0.1, 0.15) is 85.5 Å². The molecule has 0 aliphatic rings. The van der Waals surface area contributed by atoms with Crippen molar-refractivity contribution in [3.05, 3.63) is 221 Å². The van der Waals surface area contributed by atoms with E-state index in [0.717, 1.165) is 11.1 Å². The molecule has 0 atom stereocenters. The predicted octanol–water partition coefficient (Wildman–Crippen LogP) is 7.84. The Kier molecular flexibility index (Phi) is 27.0. The van der Waals surface area contributed by atoms with Crippen molar-refractivity contribution in [1.29, 1.82) is 0 Å². The molecular weight excluding hydrogens is 1270 g/mol. The minimum Gasteiger partial charge on any atom is -0.476 e. The van der Waals surface area contributed by atoms with Gasteiger partial charge in [0.15, 0.2) is 28.6 Å². The molecule has 94 heavy (non-hydrogen) atoms. The number of aromatic carboxylic acids is 1. The minimum absolute atomic E-state index is 0. The standard InChI is InChI=1S/C15H13FN4O3.C14H11FN4O2.C13H9FN4O3.C11H14N2O5.C6H8FN3.ClH/c1-2-22-15(21)12-8-14(11-5-7-23-19-11)20(18-12)9-13-10(16)4-3-6-17-13;1-9(20)14-7-12(11-4-6-21-18-11)17-19(14)8-13-10(15)3-2-5-16-13;14-8-2-1-4-15-11(8)7-18-12(9-3-5-21-17-9)6-10(16-18)13(19)20;1-4-17-11(15)9(13(2)16-3)7-10(14)8-5-6-18-12-8;7-5-2-1-3-9-6(5)4-10-8;/h3-8H,2,9H2,1H3;2-7H,8H2,1H3;1-6H,7H2,(H,19,20);5-7H,4H2,1-3H3;1-3,10H,4,8H2;1H/b;;;9-7+;;. The number of likely N-dealkylation sites (N-methyl/N-ethyl adjacent to an activating group) is 1. The monoisotopic (exact) mass is 1320 g/mol. The van der Waals surface area contributed by atoms with Gasteiger partial charge in [0.2, 0.25) is 5.78 Å². The number of nitrogens with one attached hydrogen (secondary N) is 1. The number of carbonyl (C=O) groups excluding carboxylic acids is 4. The van der Waals surface area contributed by atoms with Gasteiger partial charge in [-0.2, -0.15) is 15.3 Å². The van der Waals surface area contributed by atoms with Gasteiger partial charge in [-0.05, 0) is 68.4 Å². The largest absolute Gasteiger partial charge is 0.476 e. The molecule has 490 valence electrons. The van der Waals surface area contributed by atoms with Crippen molar-refractivity contribution < 1.29 is 79.0 Å². The molecule has 0 bridgehead atoms. The Morgan fingerprint density at radius 3 is 1.45 bits per heavy atom. The molecule has 11 aromatic rings. The summed E-state index contributed by atoms with van der Waals surface area (Å²) in [7, 11) is 2.85. The van der Waals surface area contributed by atoms with Gasteiger partial charge >= 0.3 is 17.9 Å². The number of nitrogens with two attached hydrogens (primary N) is 1. The Labute approximate surface area is 535 Å². The zero-order valence-corrected chi connectivity index (χ0v) is 51.0. The van der Waals surface area contributed by atoms with E-state index in [1.54, 1.807) is 38.1 Å². The number of carboxylic acid groups (broad SMARTS) is 1. The normalized spacial score (nSPS) is 10.6. The summed E-state index contributed by atoms with van der Waals surface area (Å²) in [5, 5.41) is 37.4. The highest BCUT2D eigenvalue weighted by Gasteiger charge is 2.23. The fourth-order valence-electron chi connectivity index (χ4n) is 7.67. The maximum Gasteiger partial charge on any atom is 0.358 e. The van der Waals surface area contributed by atoms with E-state index in [1.807, 2.05) is 0 Å². The van der Waals surface area contributed by atoms with Gasteiger partial charge in [0.25, 0.3) is 0 Å². The SMILES string of the molecule is CC(=O)c1cc(-c2ccon2)nn1Cc1ncccc1F.CCOC(=O)/C(=C\C(=O)c1ccon1)N(C)OC.CCOC(=O)c1cc(-c2ccon2)n(Cc2ncccc2F)n1.Cl.NNCc1ncccc1F.O=C(O)c1cc(-c2ccon2)n(Cc2ncccc2F)n1. The second-order valence-electron chi connectivity index (χ2n) is 18.2. The third kappa shape index (κ3) is 19.9. The van der Waals surface area contributed by atoms with Crippen molar-refractivity contribution >= 4 is 41.9 Å². The molecule has 0 aliphatic heterocycles. The molecule has 0 radical (unpaired) electrons. The van der Waals surface area contributed by atoms with Crippen LogP contribution in [-0.4, -0.2) is 137 Å². The third-order valence-electron chi connectivity index (χ3n) is 12.1. The number of rotatable bonds is 21. The first-order valence-electron chi connectivity index (χ1n) is 27.2. The highest BCUT2D eigenvalue weighted by atomic mass is 35.5. The molecule has 11 heterocycles. The summed E-state index contributed by atoms with van der Waals surface area (Å²) in [6.45, 7) is 5.60. The van der Waals surface area contributed by atoms with E-state index in [-0.39, 0.29) is 103 Å². The van der Waals surface area contributed by atoms with Crippen molar-refractivity contribution in [2.45, 2.75) is 47.0 Å². The maximum absolute atomic E-state index is 13.8. The summed E-state index contributed by atoms with van der Waals surface area (Å²) in [5.74, 6) is 0.217. The number of carbonyl (C=O) groups is 5. The quantitative estimate of drug-likeness (QED) is 0.0154. The summed E-state index contributed by atoms with van der Waals surface area (Å²) in [5.41, 5.74) is 6.43. The van der Waals surface area contributed by atoms with Gasteiger partial charge in [0.1, 0.15) is 76.8 Å². The van der Waals surface area contributed by atoms with Crippen LogP contribution in [-0.2, 0) is 45.3 Å². The molecule has 35 heteroatoms. The molecular formula is C59H56ClF4N17O13. The van der Waals surface area contributed by atoms with Crippen LogP contribution in [0.3, 0.4) is 0 Å². The Balaban J connectivity index is 0.000000189. The van der Waals surface area contributed by atoms with Crippen LogP contribution >= 0.6 is 12.4 Å². The lowest BCUT2D eigenvalue weighted by molar-refractivity contribution is -0.149. The number of hydrazine groups is 1. The van der Waals surface area contributed by atoms with Gasteiger partial charge in [-0.15, -0.1) is 12.4 Å². The summed E-state index contributed by atoms with van der Waals surface area (Å²) in [6.07, 6.45) is 12.5. The second kappa shape index (κ2) is 35.6. The van der Waals surface area contributed by atoms with E-state index >= 15 is 0 Å². The molecule has 0 aromatic carbocycles. The molecule has 4 N–H and O–H groups in total. The summed E-state index contributed by atoms with van der Waals surface area (Å²) < 4.78 is 86.6.